The number of amides is 1. The molecule has 0 saturated heterocycles. The van der Waals surface area contributed by atoms with E-state index in [1.54, 1.807) is 35.6 Å². The third-order valence-corrected chi connectivity index (χ3v) is 5.30. The normalized spacial score (nSPS) is 15.8. The van der Waals surface area contributed by atoms with E-state index >= 15 is 0 Å². The first-order chi connectivity index (χ1) is 12.1. The van der Waals surface area contributed by atoms with E-state index < -0.39 is 11.9 Å². The van der Waals surface area contributed by atoms with Crippen molar-refractivity contribution in [3.05, 3.63) is 51.2 Å². The predicted octanol–water partition coefficient (Wildman–Crippen LogP) is 3.54. The third kappa shape index (κ3) is 4.06. The van der Waals surface area contributed by atoms with Crippen LogP contribution >= 0.6 is 11.3 Å². The number of hydrogen-bond acceptors (Lipinski definition) is 5. The second kappa shape index (κ2) is 7.49. The molecule has 128 valence electrons. The lowest BCUT2D eigenvalue weighted by Gasteiger charge is -2.18. The van der Waals surface area contributed by atoms with Gasteiger partial charge in [-0.3, -0.25) is 4.79 Å². The molecule has 0 unspecified atom stereocenters. The summed E-state index contributed by atoms with van der Waals surface area (Å²) in [6.07, 6.45) is 2.97. The van der Waals surface area contributed by atoms with Crippen LogP contribution in [0.4, 0.5) is 5.69 Å². The largest absolute Gasteiger partial charge is 0.452 e. The zero-order valence-electron chi connectivity index (χ0n) is 13.9. The number of nitriles is 1. The van der Waals surface area contributed by atoms with Crippen LogP contribution in [0.25, 0.3) is 0 Å². The highest BCUT2D eigenvalue weighted by Gasteiger charge is 2.24. The van der Waals surface area contributed by atoms with Gasteiger partial charge in [-0.1, -0.05) is 6.92 Å². The van der Waals surface area contributed by atoms with E-state index in [0.717, 1.165) is 24.8 Å². The van der Waals surface area contributed by atoms with Crippen molar-refractivity contribution in [2.45, 2.75) is 26.2 Å². The summed E-state index contributed by atoms with van der Waals surface area (Å²) in [6, 6.07) is 8.50. The molecule has 3 rings (SSSR count). The lowest BCUT2D eigenvalue weighted by atomic mass is 9.88. The number of nitrogens with zero attached hydrogens (tertiary/aromatic N) is 1. The van der Waals surface area contributed by atoms with Crippen molar-refractivity contribution >= 4 is 28.9 Å². The summed E-state index contributed by atoms with van der Waals surface area (Å²) in [5.41, 5.74) is 2.75. The van der Waals surface area contributed by atoms with Crippen molar-refractivity contribution in [3.63, 3.8) is 0 Å². The summed E-state index contributed by atoms with van der Waals surface area (Å²) in [5.74, 6) is -0.203. The number of rotatable bonds is 4. The Bertz CT molecular complexity index is 833. The van der Waals surface area contributed by atoms with Crippen molar-refractivity contribution in [3.8, 4) is 6.07 Å². The molecule has 1 amide bonds. The maximum atomic E-state index is 12.3. The molecule has 0 radical (unpaired) electrons. The van der Waals surface area contributed by atoms with Gasteiger partial charge in [-0.15, -0.1) is 11.3 Å². The topological polar surface area (TPSA) is 79.2 Å². The molecule has 0 aliphatic heterocycles. The van der Waals surface area contributed by atoms with Crippen LogP contribution in [0, 0.1) is 17.2 Å². The first-order valence-electron chi connectivity index (χ1n) is 8.13. The highest BCUT2D eigenvalue weighted by atomic mass is 32.1. The van der Waals surface area contributed by atoms with Crippen LogP contribution < -0.4 is 5.32 Å². The average Bonchev–Trinajstić information content (AvgIpc) is 3.03. The lowest BCUT2D eigenvalue weighted by Crippen LogP contribution is -2.21. The Kier molecular flexibility index (Phi) is 5.15. The van der Waals surface area contributed by atoms with Crippen LogP contribution in [0.5, 0.6) is 0 Å². The standard InChI is InChI=1S/C19H18N2O3S/c1-12-2-7-15-16(11-25-17(15)8-12)19(23)24-10-18(22)21-14-5-3-13(9-20)4-6-14/h3-6,11-12H,2,7-8,10H2,1H3,(H,21,22)/t12-/m1/s1. The molecule has 1 heterocycles. The number of thiophene rings is 1. The van der Waals surface area contributed by atoms with Crippen LogP contribution in [0.2, 0.25) is 0 Å². The zero-order chi connectivity index (χ0) is 17.8. The number of hydrogen-bond donors (Lipinski definition) is 1. The molecule has 1 atom stereocenters. The first-order valence-corrected chi connectivity index (χ1v) is 9.01. The van der Waals surface area contributed by atoms with Crippen molar-refractivity contribution < 1.29 is 14.3 Å². The number of benzene rings is 1. The number of carbonyl (C=O) groups excluding carboxylic acids is 2. The first kappa shape index (κ1) is 17.2. The van der Waals surface area contributed by atoms with Gasteiger partial charge in [-0.25, -0.2) is 4.79 Å². The van der Waals surface area contributed by atoms with E-state index in [4.69, 9.17) is 10.00 Å². The van der Waals surface area contributed by atoms with Gasteiger partial charge in [0.1, 0.15) is 0 Å². The van der Waals surface area contributed by atoms with Gasteiger partial charge in [0.2, 0.25) is 0 Å². The molecule has 0 fully saturated rings. The van der Waals surface area contributed by atoms with Gasteiger partial charge in [0.25, 0.3) is 5.91 Å². The van der Waals surface area contributed by atoms with E-state index in [1.807, 2.05) is 11.4 Å². The molecule has 5 nitrogen and oxygen atoms in total. The summed E-state index contributed by atoms with van der Waals surface area (Å²) in [5, 5.41) is 13.2. The van der Waals surface area contributed by atoms with E-state index in [9.17, 15) is 9.59 Å². The Morgan fingerprint density at radius 1 is 1.36 bits per heavy atom. The smallest absolute Gasteiger partial charge is 0.339 e. The Morgan fingerprint density at radius 3 is 2.84 bits per heavy atom. The SMILES string of the molecule is C[C@@H]1CCc2c(C(=O)OCC(=O)Nc3ccc(C#N)cc3)csc2C1. The van der Waals surface area contributed by atoms with Crippen LogP contribution in [-0.2, 0) is 22.4 Å². The molecule has 0 saturated carbocycles. The van der Waals surface area contributed by atoms with Crippen molar-refractivity contribution in [1.82, 2.24) is 0 Å². The highest BCUT2D eigenvalue weighted by molar-refractivity contribution is 7.10. The molecule has 0 spiro atoms. The van der Waals surface area contributed by atoms with Crippen molar-refractivity contribution in [2.24, 2.45) is 5.92 Å². The molecule has 1 aliphatic carbocycles. The summed E-state index contributed by atoms with van der Waals surface area (Å²) in [6.45, 7) is 1.88. The third-order valence-electron chi connectivity index (χ3n) is 4.25. The minimum Gasteiger partial charge on any atom is -0.452 e. The summed E-state index contributed by atoms with van der Waals surface area (Å²) in [4.78, 5) is 25.4. The molecular formula is C19H18N2O3S. The predicted molar refractivity (Wildman–Crippen MR) is 95.6 cm³/mol. The minimum absolute atomic E-state index is 0.333. The van der Waals surface area contributed by atoms with Gasteiger partial charge in [-0.2, -0.15) is 5.26 Å². The van der Waals surface area contributed by atoms with Crippen molar-refractivity contribution in [1.29, 1.82) is 5.26 Å². The van der Waals surface area contributed by atoms with E-state index in [-0.39, 0.29) is 6.61 Å². The molecular weight excluding hydrogens is 336 g/mol. The lowest BCUT2D eigenvalue weighted by molar-refractivity contribution is -0.119. The van der Waals surface area contributed by atoms with E-state index in [0.29, 0.717) is 22.7 Å². The van der Waals surface area contributed by atoms with Crippen LogP contribution in [0.1, 0.15) is 39.7 Å². The number of nitrogens with one attached hydrogen (secondary N) is 1. The molecule has 6 heteroatoms. The van der Waals surface area contributed by atoms with Gasteiger partial charge < -0.3 is 10.1 Å². The Labute approximate surface area is 150 Å². The fourth-order valence-corrected chi connectivity index (χ4v) is 4.12. The maximum Gasteiger partial charge on any atom is 0.339 e. The van der Waals surface area contributed by atoms with Gasteiger partial charge in [0, 0.05) is 15.9 Å². The van der Waals surface area contributed by atoms with Crippen LogP contribution in [0.3, 0.4) is 0 Å². The Morgan fingerprint density at radius 2 is 2.12 bits per heavy atom. The molecule has 0 bridgehead atoms. The highest BCUT2D eigenvalue weighted by Crippen LogP contribution is 2.33. The Balaban J connectivity index is 1.55. The monoisotopic (exact) mass is 354 g/mol. The zero-order valence-corrected chi connectivity index (χ0v) is 14.7. The molecule has 2 aromatic rings. The fourth-order valence-electron chi connectivity index (χ4n) is 2.88. The minimum atomic E-state index is -0.443. The summed E-state index contributed by atoms with van der Waals surface area (Å²) in [7, 11) is 0. The van der Waals surface area contributed by atoms with E-state index in [2.05, 4.69) is 12.2 Å². The molecule has 1 aliphatic rings. The number of esters is 1. The molecule has 25 heavy (non-hydrogen) atoms. The second-order valence-electron chi connectivity index (χ2n) is 6.21. The van der Waals surface area contributed by atoms with Gasteiger partial charge in [0.15, 0.2) is 6.61 Å². The summed E-state index contributed by atoms with van der Waals surface area (Å²) < 4.78 is 5.16. The van der Waals surface area contributed by atoms with Crippen LogP contribution in [0.15, 0.2) is 29.6 Å². The van der Waals surface area contributed by atoms with Gasteiger partial charge in [-0.05, 0) is 55.0 Å². The van der Waals surface area contributed by atoms with Crippen molar-refractivity contribution in [2.75, 3.05) is 11.9 Å². The number of ether oxygens (including phenoxy) is 1. The van der Waals surface area contributed by atoms with Crippen LogP contribution in [-0.4, -0.2) is 18.5 Å². The Hall–Kier alpha value is -2.65. The summed E-state index contributed by atoms with van der Waals surface area (Å²) >= 11 is 1.60. The molecule has 1 aromatic carbocycles. The van der Waals surface area contributed by atoms with Gasteiger partial charge >= 0.3 is 5.97 Å². The quantitative estimate of drug-likeness (QED) is 0.852. The number of carbonyl (C=O) groups is 2. The number of fused-ring (bicyclic) bond motifs is 1. The maximum absolute atomic E-state index is 12.3. The van der Waals surface area contributed by atoms with Gasteiger partial charge in [0.05, 0.1) is 17.2 Å². The number of anilines is 1. The molecule has 1 N–H and O–H groups in total. The fraction of sp³-hybridized carbons (Fsp3) is 0.316. The average molecular weight is 354 g/mol. The second-order valence-corrected chi connectivity index (χ2v) is 7.18. The van der Waals surface area contributed by atoms with E-state index in [1.165, 1.54) is 4.88 Å². The molecule has 1 aromatic heterocycles.